The Hall–Kier alpha value is -11.0. The van der Waals surface area contributed by atoms with E-state index in [9.17, 15) is 62.1 Å². The van der Waals surface area contributed by atoms with E-state index < -0.39 is 193 Å². The summed E-state index contributed by atoms with van der Waals surface area (Å²) in [6.45, 7) is 0.992. The molecule has 0 aliphatic carbocycles. The van der Waals surface area contributed by atoms with Crippen LogP contribution in [0.15, 0.2) is 97.5 Å². The summed E-state index contributed by atoms with van der Waals surface area (Å²) >= 11 is 0. The summed E-state index contributed by atoms with van der Waals surface area (Å²) in [6.07, 6.45) is -13.4. The molecule has 0 radical (unpaired) electrons. The van der Waals surface area contributed by atoms with Gasteiger partial charge < -0.3 is 59.9 Å². The predicted octanol–water partition coefficient (Wildman–Crippen LogP) is 8.98. The zero-order valence-corrected chi connectivity index (χ0v) is 62.9. The molecule has 3 saturated heterocycles. The highest BCUT2D eigenvalue weighted by atomic mass is 31.2. The Morgan fingerprint density at radius 2 is 1.27 bits per heavy atom. The van der Waals surface area contributed by atoms with E-state index in [-0.39, 0.29) is 44.7 Å². The number of amides is 5. The predicted molar refractivity (Wildman–Crippen MR) is 381 cm³/mol. The van der Waals surface area contributed by atoms with E-state index in [2.05, 4.69) is 56.8 Å². The van der Waals surface area contributed by atoms with E-state index in [0.717, 1.165) is 62.5 Å². The molecule has 3 aliphatic heterocycles. The fourth-order valence-corrected chi connectivity index (χ4v) is 13.7. The first-order chi connectivity index (χ1) is 53.2. The Morgan fingerprint density at radius 1 is 0.719 bits per heavy atom. The van der Waals surface area contributed by atoms with Gasteiger partial charge in [0.2, 0.25) is 17.8 Å². The van der Waals surface area contributed by atoms with Gasteiger partial charge in [-0.1, -0.05) is 50.0 Å². The van der Waals surface area contributed by atoms with Crippen LogP contribution >= 0.6 is 7.82 Å². The van der Waals surface area contributed by atoms with Crippen LogP contribution in [0, 0.1) is 34.3 Å². The molecular formula is C73H79F10N12O18P. The zero-order valence-electron chi connectivity index (χ0n) is 62.0. The summed E-state index contributed by atoms with van der Waals surface area (Å²) in [6, 6.07) is 6.82. The second kappa shape index (κ2) is 35.2. The Bertz CT molecular complexity index is 4640. The number of nitrogens with zero attached hydrogens (tertiary/aromatic N) is 7. The van der Waals surface area contributed by atoms with Crippen LogP contribution < -0.4 is 36.1 Å². The summed E-state index contributed by atoms with van der Waals surface area (Å²) in [5.74, 6) is -6.96. The van der Waals surface area contributed by atoms with Crippen molar-refractivity contribution in [3.05, 3.63) is 154 Å². The molecule has 5 heterocycles. The number of benzene rings is 4. The van der Waals surface area contributed by atoms with E-state index in [1.807, 2.05) is 10.7 Å². The van der Waals surface area contributed by atoms with Gasteiger partial charge in [-0.2, -0.15) is 40.2 Å². The molecule has 614 valence electrons. The maximum absolute atomic E-state index is 16.9. The molecule has 3 fully saturated rings. The number of hydrogen-bond acceptors (Lipinski definition) is 20. The van der Waals surface area contributed by atoms with Gasteiger partial charge in [0.25, 0.3) is 5.91 Å². The minimum absolute atomic E-state index is 0.0542. The van der Waals surface area contributed by atoms with Crippen LogP contribution in [0.25, 0.3) is 11.3 Å². The van der Waals surface area contributed by atoms with Crippen LogP contribution in [-0.4, -0.2) is 199 Å². The van der Waals surface area contributed by atoms with Crippen molar-refractivity contribution < 1.29 is 130 Å². The number of nitrogens with one attached hydrogen (secondary N) is 5. The molecule has 2 bridgehead atoms. The number of fused-ring (bicyclic) bond motifs is 2. The van der Waals surface area contributed by atoms with Gasteiger partial charge in [0.15, 0.2) is 0 Å². The minimum Gasteiger partial charge on any atom is -0.478 e. The molecule has 114 heavy (non-hydrogen) atoms. The molecule has 4 aromatic carbocycles. The minimum atomic E-state index is -5.64. The van der Waals surface area contributed by atoms with Gasteiger partial charge in [-0.05, 0) is 113 Å². The van der Waals surface area contributed by atoms with Crippen molar-refractivity contribution in [3.8, 4) is 28.8 Å². The third kappa shape index (κ3) is 21.3. The largest absolute Gasteiger partial charge is 0.524 e. The van der Waals surface area contributed by atoms with Gasteiger partial charge in [0, 0.05) is 83.7 Å². The summed E-state index contributed by atoms with van der Waals surface area (Å²) in [4.78, 5) is 143. The number of alkyl halides is 8. The molecule has 9 N–H and O–H groups in total. The van der Waals surface area contributed by atoms with E-state index >= 15 is 44.7 Å². The highest BCUT2D eigenvalue weighted by Crippen LogP contribution is 2.47. The van der Waals surface area contributed by atoms with E-state index in [4.69, 9.17) is 14.0 Å². The third-order valence-electron chi connectivity index (χ3n) is 19.6. The number of aromatic nitrogens is 4. The Balaban J connectivity index is 1.17. The lowest BCUT2D eigenvalue weighted by atomic mass is 9.77. The SMILES string of the molecule is COC(=O)N[C@H](C(=O)N[C@@H](Cc1ccc(C#Cc2cnc(N3CC4CCC(C3)N4C3COC3)nc2)cc1)[C@H](CN(Cc1c(F)cc(-c2ccn(C(F)F)n2)cc1F)NC(=O)[C@@H](NC(=O)OC)C(C)(C)C(F)(F)F)OC(=O)CC(C)(C)c1c(CC(=O)Nc2cc(C(=O)O)cc(C(=O)O)c2)cccc1OP(=O)(O)O)C(C)(C)C(F)(F)F. The van der Waals surface area contributed by atoms with Gasteiger partial charge in [0.1, 0.15) is 35.6 Å². The van der Waals surface area contributed by atoms with Crippen molar-refractivity contribution >= 4 is 67.3 Å². The fraction of sp³-hybridized carbons (Fsp3) is 0.438. The molecule has 0 saturated carbocycles. The number of carbonyl (C=O) groups is 8. The van der Waals surface area contributed by atoms with Crippen molar-refractivity contribution in [1.29, 1.82) is 0 Å². The van der Waals surface area contributed by atoms with E-state index in [0.29, 0.717) is 95.8 Å². The number of alkyl carbamates (subject to hydrolysis) is 2. The lowest BCUT2D eigenvalue weighted by molar-refractivity contribution is -0.221. The molecule has 41 heteroatoms. The first kappa shape index (κ1) is 87.0. The molecule has 2 unspecified atom stereocenters. The van der Waals surface area contributed by atoms with Crippen molar-refractivity contribution in [2.45, 2.75) is 147 Å². The number of carboxylic acid groups (broad SMARTS) is 2. The average Bonchev–Trinajstić information content (AvgIpc) is 1.53. The fourth-order valence-electron chi connectivity index (χ4n) is 13.3. The van der Waals surface area contributed by atoms with Crippen LogP contribution in [0.3, 0.4) is 0 Å². The van der Waals surface area contributed by atoms with Crippen molar-refractivity contribution in [2.24, 2.45) is 10.8 Å². The van der Waals surface area contributed by atoms with Crippen molar-refractivity contribution in [2.75, 3.05) is 57.3 Å². The van der Waals surface area contributed by atoms with Gasteiger partial charge in [-0.25, -0.2) is 52.2 Å². The summed E-state index contributed by atoms with van der Waals surface area (Å²) in [7, 11) is -4.20. The molecule has 9 rings (SSSR count). The molecule has 6 atom stereocenters. The Morgan fingerprint density at radius 3 is 1.77 bits per heavy atom. The standard InChI is InChI=1S/C73H79F10N12O18P/c1-69(2,58-41(10-9-11-54(58)113-114(106,107)108)28-56(96)86-45-24-43(63(100)101)23-44(25-45)64(102)103)29-57(97)112-55(35-93(91-62(99)60(89-68(105)110-8)71(5,6)73(81,82)83)34-49-50(74)26-42(27-51(49)75)52-20-21-94(90-52)65(76)77)53(87-61(98)59(88-67(104)109-7)70(3,4)72(78,79)80)22-39-15-12-38(13-16-39)14-17-40-30-84-66(85-31-40)92-32-46-18-19-47(33-92)95(46)48-36-111-37-48/h9-13,15-16,20-21,23-27,30-31,46-48,53,55,59-60,65H,18-19,22,28-29,32-37H2,1-8H3,(H,86,96)(H,87,98)(H,88,104)(H,89,105)(H,91,99)(H,100,101)(H,102,103)(H2,106,107,108)/t46?,47?,53-,55-,59+,60+/m0/s1. The number of anilines is 2. The quantitative estimate of drug-likeness (QED) is 0.00507. The number of methoxy groups -OCH3 is 2. The van der Waals surface area contributed by atoms with Gasteiger partial charge in [0.05, 0.1) is 92.1 Å². The number of ether oxygens (including phenoxy) is 4. The number of piperazine rings is 1. The summed E-state index contributed by atoms with van der Waals surface area (Å²) < 4.78 is 191. The van der Waals surface area contributed by atoms with E-state index in [1.165, 1.54) is 56.6 Å². The average molecular weight is 1630 g/mol. The Labute approximate surface area is 643 Å². The third-order valence-corrected chi connectivity index (χ3v) is 20.0. The maximum atomic E-state index is 16.9. The lowest BCUT2D eigenvalue weighted by Gasteiger charge is -2.47. The van der Waals surface area contributed by atoms with Gasteiger partial charge in [-0.15, -0.1) is 0 Å². The summed E-state index contributed by atoms with van der Waals surface area (Å²) in [5.41, 5.74) is -10.1. The van der Waals surface area contributed by atoms with Gasteiger partial charge >= 0.3 is 56.8 Å². The van der Waals surface area contributed by atoms with Crippen molar-refractivity contribution in [1.82, 2.24) is 51.0 Å². The number of phosphoric ester groups is 1. The number of aromatic carboxylic acids is 2. The summed E-state index contributed by atoms with van der Waals surface area (Å²) in [5, 5.41) is 31.7. The second-order valence-corrected chi connectivity index (χ2v) is 30.0. The lowest BCUT2D eigenvalue weighted by Crippen LogP contribution is -2.64. The molecule has 0 spiro atoms. The second-order valence-electron chi connectivity index (χ2n) is 28.9. The number of carbonyl (C=O) groups excluding carboxylic acids is 6. The van der Waals surface area contributed by atoms with E-state index in [1.54, 1.807) is 5.32 Å². The normalized spacial score (nSPS) is 16.6. The van der Waals surface area contributed by atoms with Crippen LogP contribution in [0.1, 0.15) is 121 Å². The molecular weight excluding hydrogens is 1550 g/mol. The number of phosphoric acid groups is 1. The number of carboxylic acids is 2. The maximum Gasteiger partial charge on any atom is 0.524 e. The topological polar surface area (TPSA) is 394 Å². The monoisotopic (exact) mass is 1630 g/mol. The number of esters is 1. The van der Waals surface area contributed by atoms with Crippen LogP contribution in [0.5, 0.6) is 5.75 Å². The number of hydrazine groups is 1. The smallest absolute Gasteiger partial charge is 0.478 e. The number of hydrogen-bond donors (Lipinski definition) is 9. The first-order valence-electron chi connectivity index (χ1n) is 34.8. The molecule has 3 aliphatic rings. The Kier molecular flexibility index (Phi) is 26.8. The van der Waals surface area contributed by atoms with Crippen LogP contribution in [-0.2, 0) is 67.5 Å². The van der Waals surface area contributed by atoms with Gasteiger partial charge in [-0.3, -0.25) is 39.3 Å². The highest BCUT2D eigenvalue weighted by Gasteiger charge is 2.58. The van der Waals surface area contributed by atoms with Crippen LogP contribution in [0.2, 0.25) is 0 Å². The molecule has 6 aromatic rings. The first-order valence-corrected chi connectivity index (χ1v) is 36.3. The molecule has 5 amide bonds. The number of rotatable bonds is 30. The number of halogens is 10. The van der Waals surface area contributed by atoms with Crippen LogP contribution in [0.4, 0.5) is 65.1 Å². The zero-order chi connectivity index (χ0) is 83.9. The molecule has 2 aromatic heterocycles. The van der Waals surface area contributed by atoms with Crippen molar-refractivity contribution in [3.63, 3.8) is 0 Å². The highest BCUT2D eigenvalue weighted by molar-refractivity contribution is 7.46. The molecule has 30 nitrogen and oxygen atoms in total.